The summed E-state index contributed by atoms with van der Waals surface area (Å²) < 4.78 is 6.00. The molecule has 0 unspecified atom stereocenters. The van der Waals surface area contributed by atoms with Crippen molar-refractivity contribution in [2.75, 3.05) is 30.7 Å². The van der Waals surface area contributed by atoms with Gasteiger partial charge in [0, 0.05) is 55.3 Å². The van der Waals surface area contributed by atoms with Gasteiger partial charge in [-0.05, 0) is 69.9 Å². The largest absolute Gasteiger partial charge is 0.444 e. The first-order valence-electron chi connectivity index (χ1n) is 14.8. The van der Waals surface area contributed by atoms with E-state index in [1.165, 1.54) is 23.1 Å². The summed E-state index contributed by atoms with van der Waals surface area (Å²) >= 11 is 15.1. The molecule has 3 amide bonds. The highest BCUT2D eigenvalue weighted by molar-refractivity contribution is 8.01. The molecule has 242 valence electrons. The summed E-state index contributed by atoms with van der Waals surface area (Å²) in [5.74, 6) is 0.163. The van der Waals surface area contributed by atoms with E-state index in [2.05, 4.69) is 20.9 Å². The number of piperidine rings is 1. The number of ether oxygens (including phenoxy) is 1. The lowest BCUT2D eigenvalue weighted by Gasteiger charge is -2.32. The van der Waals surface area contributed by atoms with E-state index in [9.17, 15) is 14.4 Å². The fraction of sp³-hybridized carbons (Fsp3) is 0.438. The molecule has 2 aromatic carbocycles. The minimum Gasteiger partial charge on any atom is -0.444 e. The summed E-state index contributed by atoms with van der Waals surface area (Å²) in [6, 6.07) is 13.4. The standard InChI is InChI=1S/C32H39Cl2N5O4S2/c1-32(2,3)43-30(42)35-13-5-8-28(40)37-24-7-4-6-22(17-24)27-19-44-31(38-27)45-20-29(41)36-23-11-14-39(15-12-23)18-21-9-10-25(33)26(34)16-21/h4,6-7,9-10,16-17,19,23H,5,8,11-15,18,20H2,1-3H3,(H,35,42)(H,36,41)(H,37,40). The Hall–Kier alpha value is -2.83. The zero-order valence-corrected chi connectivity index (χ0v) is 28.8. The molecule has 1 aromatic heterocycles. The third-order valence-corrected chi connectivity index (χ3v) is 9.60. The van der Waals surface area contributed by atoms with Gasteiger partial charge < -0.3 is 20.7 Å². The van der Waals surface area contributed by atoms with Gasteiger partial charge in [-0.3, -0.25) is 14.5 Å². The number of nitrogens with one attached hydrogen (secondary N) is 3. The number of anilines is 1. The van der Waals surface area contributed by atoms with E-state index < -0.39 is 11.7 Å². The van der Waals surface area contributed by atoms with Crippen molar-refractivity contribution in [3.8, 4) is 11.3 Å². The number of thioether (sulfide) groups is 1. The van der Waals surface area contributed by atoms with Crippen LogP contribution in [0, 0.1) is 0 Å². The zero-order chi connectivity index (χ0) is 32.4. The second kappa shape index (κ2) is 16.6. The number of likely N-dealkylation sites (tertiary alicyclic amines) is 1. The molecule has 4 rings (SSSR count). The summed E-state index contributed by atoms with van der Waals surface area (Å²) in [6.07, 6.45) is 2.05. The molecule has 3 aromatic rings. The summed E-state index contributed by atoms with van der Waals surface area (Å²) in [4.78, 5) is 43.9. The number of aromatic nitrogens is 1. The SMILES string of the molecule is CC(C)(C)OC(=O)NCCCC(=O)Nc1cccc(-c2csc(SCC(=O)NC3CCN(Cc4ccc(Cl)c(Cl)c4)CC3)n2)c1. The highest BCUT2D eigenvalue weighted by Gasteiger charge is 2.21. The first-order chi connectivity index (χ1) is 21.4. The Labute approximate surface area is 282 Å². The third-order valence-electron chi connectivity index (χ3n) is 6.84. The molecule has 1 fully saturated rings. The Morgan fingerprint density at radius 1 is 1.07 bits per heavy atom. The molecule has 0 saturated carbocycles. The maximum absolute atomic E-state index is 12.7. The van der Waals surface area contributed by atoms with Crippen LogP contribution < -0.4 is 16.0 Å². The number of carbonyl (C=O) groups excluding carboxylic acids is 3. The molecule has 45 heavy (non-hydrogen) atoms. The van der Waals surface area contributed by atoms with Crippen LogP contribution in [0.3, 0.4) is 0 Å². The van der Waals surface area contributed by atoms with Crippen molar-refractivity contribution in [2.24, 2.45) is 0 Å². The number of carbonyl (C=O) groups is 3. The van der Waals surface area contributed by atoms with Crippen molar-refractivity contribution in [1.29, 1.82) is 0 Å². The smallest absolute Gasteiger partial charge is 0.407 e. The Morgan fingerprint density at radius 2 is 1.84 bits per heavy atom. The second-order valence-corrected chi connectivity index (χ2v) is 14.7. The number of nitrogens with zero attached hydrogens (tertiary/aromatic N) is 2. The number of hydrogen-bond acceptors (Lipinski definition) is 8. The molecule has 1 aliphatic heterocycles. The molecular weight excluding hydrogens is 653 g/mol. The van der Waals surface area contributed by atoms with Gasteiger partial charge in [0.15, 0.2) is 4.34 Å². The molecule has 0 bridgehead atoms. The predicted molar refractivity (Wildman–Crippen MR) is 183 cm³/mol. The number of alkyl carbamates (subject to hydrolysis) is 1. The van der Waals surface area contributed by atoms with Crippen molar-refractivity contribution < 1.29 is 19.1 Å². The van der Waals surface area contributed by atoms with Crippen molar-refractivity contribution in [2.45, 2.75) is 69.0 Å². The lowest BCUT2D eigenvalue weighted by atomic mass is 10.0. The molecule has 3 N–H and O–H groups in total. The molecule has 0 radical (unpaired) electrons. The normalized spacial score (nSPS) is 14.2. The summed E-state index contributed by atoms with van der Waals surface area (Å²) in [7, 11) is 0. The van der Waals surface area contributed by atoms with Crippen LogP contribution in [-0.2, 0) is 20.9 Å². The molecule has 2 heterocycles. The first-order valence-corrected chi connectivity index (χ1v) is 17.5. The molecule has 0 aliphatic carbocycles. The summed E-state index contributed by atoms with van der Waals surface area (Å²) in [5, 5.41) is 11.8. The van der Waals surface area contributed by atoms with E-state index >= 15 is 0 Å². The van der Waals surface area contributed by atoms with Crippen LogP contribution in [0.1, 0.15) is 52.0 Å². The monoisotopic (exact) mass is 691 g/mol. The van der Waals surface area contributed by atoms with Gasteiger partial charge >= 0.3 is 6.09 Å². The van der Waals surface area contributed by atoms with Gasteiger partial charge in [-0.25, -0.2) is 9.78 Å². The Morgan fingerprint density at radius 3 is 2.58 bits per heavy atom. The molecule has 9 nitrogen and oxygen atoms in total. The molecule has 0 spiro atoms. The number of rotatable bonds is 12. The summed E-state index contributed by atoms with van der Waals surface area (Å²) in [5.41, 5.74) is 2.90. The van der Waals surface area contributed by atoms with Gasteiger partial charge in [0.05, 0.1) is 21.5 Å². The van der Waals surface area contributed by atoms with Crippen molar-refractivity contribution >= 4 is 69.9 Å². The Balaban J connectivity index is 1.15. The van der Waals surface area contributed by atoms with Gasteiger partial charge in [-0.1, -0.05) is 53.2 Å². The number of benzene rings is 2. The Bertz CT molecular complexity index is 1470. The van der Waals surface area contributed by atoms with Crippen LogP contribution in [0.4, 0.5) is 10.5 Å². The maximum atomic E-state index is 12.7. The molecular formula is C32H39Cl2N5O4S2. The maximum Gasteiger partial charge on any atom is 0.407 e. The fourth-order valence-electron chi connectivity index (χ4n) is 4.72. The van der Waals surface area contributed by atoms with E-state index in [4.69, 9.17) is 32.9 Å². The highest BCUT2D eigenvalue weighted by atomic mass is 35.5. The molecule has 13 heteroatoms. The molecule has 0 atom stereocenters. The minimum absolute atomic E-state index is 0.00527. The van der Waals surface area contributed by atoms with Crippen LogP contribution in [-0.4, -0.2) is 64.8 Å². The predicted octanol–water partition coefficient (Wildman–Crippen LogP) is 7.23. The van der Waals surface area contributed by atoms with E-state index in [0.29, 0.717) is 34.5 Å². The topological polar surface area (TPSA) is 113 Å². The molecule has 1 saturated heterocycles. The Kier molecular flexibility index (Phi) is 13.0. The first kappa shape index (κ1) is 35.0. The zero-order valence-electron chi connectivity index (χ0n) is 25.7. The number of thiazole rings is 1. The van der Waals surface area contributed by atoms with Gasteiger partial charge in [0.1, 0.15) is 5.60 Å². The summed E-state index contributed by atoms with van der Waals surface area (Å²) in [6.45, 7) is 8.36. The lowest BCUT2D eigenvalue weighted by molar-refractivity contribution is -0.119. The van der Waals surface area contributed by atoms with E-state index in [-0.39, 0.29) is 24.3 Å². The minimum atomic E-state index is -0.563. The van der Waals surface area contributed by atoms with Gasteiger partial charge in [-0.2, -0.15) is 0 Å². The van der Waals surface area contributed by atoms with Crippen molar-refractivity contribution in [3.63, 3.8) is 0 Å². The average molecular weight is 693 g/mol. The number of amides is 3. The van der Waals surface area contributed by atoms with E-state index in [1.807, 2.05) is 47.8 Å². The second-order valence-electron chi connectivity index (χ2n) is 11.8. The quantitative estimate of drug-likeness (QED) is 0.136. The van der Waals surface area contributed by atoms with Crippen molar-refractivity contribution in [1.82, 2.24) is 20.5 Å². The highest BCUT2D eigenvalue weighted by Crippen LogP contribution is 2.30. The fourth-order valence-corrected chi connectivity index (χ4v) is 6.68. The molecule has 1 aliphatic rings. The van der Waals surface area contributed by atoms with Gasteiger partial charge in [0.25, 0.3) is 0 Å². The van der Waals surface area contributed by atoms with Crippen LogP contribution in [0.15, 0.2) is 52.2 Å². The third kappa shape index (κ3) is 12.1. The van der Waals surface area contributed by atoms with Crippen molar-refractivity contribution in [3.05, 3.63) is 63.5 Å². The lowest BCUT2D eigenvalue weighted by Crippen LogP contribution is -2.44. The number of halogens is 2. The average Bonchev–Trinajstić information content (AvgIpc) is 3.46. The van der Waals surface area contributed by atoms with E-state index in [1.54, 1.807) is 20.8 Å². The van der Waals surface area contributed by atoms with Crippen LogP contribution in [0.25, 0.3) is 11.3 Å². The van der Waals surface area contributed by atoms with E-state index in [0.717, 1.165) is 53.6 Å². The number of hydrogen-bond donors (Lipinski definition) is 3. The van der Waals surface area contributed by atoms with Crippen LogP contribution in [0.5, 0.6) is 0 Å². The van der Waals surface area contributed by atoms with Crippen LogP contribution in [0.2, 0.25) is 10.0 Å². The van der Waals surface area contributed by atoms with Gasteiger partial charge in [-0.15, -0.1) is 11.3 Å². The van der Waals surface area contributed by atoms with Gasteiger partial charge in [0.2, 0.25) is 11.8 Å². The van der Waals surface area contributed by atoms with Crippen LogP contribution >= 0.6 is 46.3 Å².